The summed E-state index contributed by atoms with van der Waals surface area (Å²) in [6.07, 6.45) is 0. The molecule has 2 rings (SSSR count). The minimum atomic E-state index is -0.0869. The Labute approximate surface area is 166 Å². The van der Waals surface area contributed by atoms with Crippen molar-refractivity contribution in [3.05, 3.63) is 63.7 Å². The van der Waals surface area contributed by atoms with Crippen LogP contribution in [0, 0.1) is 19.8 Å². The second-order valence-corrected chi connectivity index (χ2v) is 10.5. The predicted molar refractivity (Wildman–Crippen MR) is 118 cm³/mol. The molecule has 1 heteroatoms. The lowest BCUT2D eigenvalue weighted by Gasteiger charge is -2.30. The molecule has 27 heavy (non-hydrogen) atoms. The van der Waals surface area contributed by atoms with E-state index in [9.17, 15) is 5.11 Å². The van der Waals surface area contributed by atoms with Gasteiger partial charge in [-0.3, -0.25) is 0 Å². The van der Waals surface area contributed by atoms with Crippen molar-refractivity contribution >= 4 is 0 Å². The normalized spacial score (nSPS) is 13.9. The van der Waals surface area contributed by atoms with Crippen LogP contribution in [0.2, 0.25) is 0 Å². The molecular weight excluding hydrogens is 328 g/mol. The first-order chi connectivity index (χ1) is 12.2. The van der Waals surface area contributed by atoms with E-state index in [4.69, 9.17) is 0 Å². The smallest absolute Gasteiger partial charge is 0.119 e. The minimum absolute atomic E-state index is 0.0869. The van der Waals surface area contributed by atoms with Crippen molar-refractivity contribution in [3.63, 3.8) is 0 Å². The van der Waals surface area contributed by atoms with E-state index in [-0.39, 0.29) is 10.8 Å². The molecule has 0 fully saturated rings. The van der Waals surface area contributed by atoms with Gasteiger partial charge >= 0.3 is 0 Å². The van der Waals surface area contributed by atoms with Crippen LogP contribution in [-0.4, -0.2) is 5.11 Å². The van der Waals surface area contributed by atoms with Crippen LogP contribution in [-0.2, 0) is 10.8 Å². The molecule has 0 radical (unpaired) electrons. The lowest BCUT2D eigenvalue weighted by atomic mass is 9.74. The number of aryl methyl sites for hydroxylation is 2. The van der Waals surface area contributed by atoms with E-state index in [0.717, 1.165) is 5.56 Å². The van der Waals surface area contributed by atoms with E-state index >= 15 is 0 Å². The van der Waals surface area contributed by atoms with E-state index in [1.807, 2.05) is 6.07 Å². The molecule has 0 saturated carbocycles. The van der Waals surface area contributed by atoms with Gasteiger partial charge in [0, 0.05) is 5.92 Å². The zero-order valence-corrected chi connectivity index (χ0v) is 19.0. The van der Waals surface area contributed by atoms with Gasteiger partial charge in [0.25, 0.3) is 0 Å². The number of phenolic OH excluding ortho intramolecular Hbond substituents is 1. The molecule has 1 nitrogen and oxygen atoms in total. The van der Waals surface area contributed by atoms with Crippen molar-refractivity contribution in [2.24, 2.45) is 5.92 Å². The van der Waals surface area contributed by atoms with Crippen molar-refractivity contribution in [1.82, 2.24) is 0 Å². The third-order valence-corrected chi connectivity index (χ3v) is 5.67. The summed E-state index contributed by atoms with van der Waals surface area (Å²) >= 11 is 0. The SMILES string of the molecule is Cc1ccc(C(C)(C)C)cc1C(c1cc(C(C)(C)C)c(O)cc1C)C(C)C. The summed E-state index contributed by atoms with van der Waals surface area (Å²) in [5, 5.41) is 10.5. The van der Waals surface area contributed by atoms with Crippen molar-refractivity contribution in [2.45, 2.75) is 86.0 Å². The Morgan fingerprint density at radius 2 is 1.30 bits per heavy atom. The Balaban J connectivity index is 2.74. The van der Waals surface area contributed by atoms with Crippen LogP contribution in [0.25, 0.3) is 0 Å². The summed E-state index contributed by atoms with van der Waals surface area (Å²) in [5.74, 6) is 1.19. The first-order valence-corrected chi connectivity index (χ1v) is 10.2. The van der Waals surface area contributed by atoms with Gasteiger partial charge < -0.3 is 5.11 Å². The Morgan fingerprint density at radius 3 is 1.78 bits per heavy atom. The molecule has 148 valence electrons. The monoisotopic (exact) mass is 366 g/mol. The van der Waals surface area contributed by atoms with Crippen LogP contribution in [0.4, 0.5) is 0 Å². The highest BCUT2D eigenvalue weighted by Gasteiger charge is 2.27. The molecule has 0 bridgehead atoms. The first-order valence-electron chi connectivity index (χ1n) is 10.2. The summed E-state index contributed by atoms with van der Waals surface area (Å²) in [4.78, 5) is 0. The van der Waals surface area contributed by atoms with Gasteiger partial charge in [0.1, 0.15) is 5.75 Å². The summed E-state index contributed by atoms with van der Waals surface area (Å²) in [7, 11) is 0. The maximum absolute atomic E-state index is 10.5. The highest BCUT2D eigenvalue weighted by atomic mass is 16.3. The maximum atomic E-state index is 10.5. The molecule has 0 amide bonds. The number of hydrogen-bond donors (Lipinski definition) is 1. The predicted octanol–water partition coefficient (Wildman–Crippen LogP) is 7.39. The molecule has 0 aliphatic carbocycles. The minimum Gasteiger partial charge on any atom is -0.508 e. The number of aromatic hydroxyl groups is 1. The van der Waals surface area contributed by atoms with Crippen molar-refractivity contribution in [3.8, 4) is 5.75 Å². The third kappa shape index (κ3) is 4.57. The third-order valence-electron chi connectivity index (χ3n) is 5.67. The van der Waals surface area contributed by atoms with Crippen LogP contribution in [0.15, 0.2) is 30.3 Å². The molecule has 0 saturated heterocycles. The molecule has 1 N–H and O–H groups in total. The highest BCUT2D eigenvalue weighted by Crippen LogP contribution is 2.41. The van der Waals surface area contributed by atoms with E-state index < -0.39 is 0 Å². The molecule has 0 spiro atoms. The van der Waals surface area contributed by atoms with E-state index in [0.29, 0.717) is 17.6 Å². The highest BCUT2D eigenvalue weighted by molar-refractivity contribution is 5.50. The van der Waals surface area contributed by atoms with Crippen LogP contribution in [0.5, 0.6) is 5.75 Å². The standard InChI is InChI=1S/C26H38O/c1-16(2)24(20-14-19(25(5,6)7)12-11-17(20)3)21-15-22(26(8,9)10)23(27)13-18(21)4/h11-16,24,27H,1-10H3. The molecule has 0 aliphatic rings. The molecule has 0 aliphatic heterocycles. The molecule has 2 aromatic carbocycles. The fourth-order valence-electron chi connectivity index (χ4n) is 3.97. The van der Waals surface area contributed by atoms with E-state index in [1.54, 1.807) is 0 Å². The zero-order chi connectivity index (χ0) is 20.7. The van der Waals surface area contributed by atoms with Gasteiger partial charge in [0.2, 0.25) is 0 Å². The number of rotatable bonds is 3. The number of hydrogen-bond acceptors (Lipinski definition) is 1. The Bertz CT molecular complexity index is 813. The fourth-order valence-corrected chi connectivity index (χ4v) is 3.97. The Kier molecular flexibility index (Phi) is 5.85. The lowest BCUT2D eigenvalue weighted by Crippen LogP contribution is -2.18. The van der Waals surface area contributed by atoms with Gasteiger partial charge in [-0.05, 0) is 70.0 Å². The Hall–Kier alpha value is -1.76. The molecule has 2 aromatic rings. The van der Waals surface area contributed by atoms with Gasteiger partial charge in [-0.25, -0.2) is 0 Å². The summed E-state index contributed by atoms with van der Waals surface area (Å²) in [6.45, 7) is 22.3. The number of phenols is 1. The summed E-state index contributed by atoms with van der Waals surface area (Å²) in [5.41, 5.74) is 7.69. The number of benzene rings is 2. The van der Waals surface area contributed by atoms with Gasteiger partial charge in [-0.15, -0.1) is 0 Å². The molecule has 1 atom stereocenters. The first kappa shape index (κ1) is 21.5. The molecule has 0 aromatic heterocycles. The second kappa shape index (κ2) is 7.34. The molecule has 0 heterocycles. The molecular formula is C26H38O. The lowest BCUT2D eigenvalue weighted by molar-refractivity contribution is 0.444. The zero-order valence-electron chi connectivity index (χ0n) is 19.0. The van der Waals surface area contributed by atoms with E-state index in [1.165, 1.54) is 27.8 Å². The average molecular weight is 367 g/mol. The molecule has 1 unspecified atom stereocenters. The summed E-state index contributed by atoms with van der Waals surface area (Å²) in [6, 6.07) is 11.1. The Morgan fingerprint density at radius 1 is 0.741 bits per heavy atom. The largest absolute Gasteiger partial charge is 0.508 e. The van der Waals surface area contributed by atoms with Gasteiger partial charge in [0.05, 0.1) is 0 Å². The van der Waals surface area contributed by atoms with Gasteiger partial charge in [0.15, 0.2) is 0 Å². The van der Waals surface area contributed by atoms with Crippen molar-refractivity contribution in [2.75, 3.05) is 0 Å². The van der Waals surface area contributed by atoms with Crippen LogP contribution >= 0.6 is 0 Å². The second-order valence-electron chi connectivity index (χ2n) is 10.5. The van der Waals surface area contributed by atoms with Crippen molar-refractivity contribution < 1.29 is 5.11 Å². The van der Waals surface area contributed by atoms with Gasteiger partial charge in [-0.2, -0.15) is 0 Å². The quantitative estimate of drug-likeness (QED) is 0.600. The van der Waals surface area contributed by atoms with Crippen LogP contribution in [0.1, 0.15) is 94.7 Å². The van der Waals surface area contributed by atoms with Crippen LogP contribution < -0.4 is 0 Å². The summed E-state index contributed by atoms with van der Waals surface area (Å²) < 4.78 is 0. The average Bonchev–Trinajstić information content (AvgIpc) is 2.48. The van der Waals surface area contributed by atoms with Crippen LogP contribution in [0.3, 0.4) is 0 Å². The fraction of sp³-hybridized carbons (Fsp3) is 0.538. The van der Waals surface area contributed by atoms with Gasteiger partial charge in [-0.1, -0.05) is 79.7 Å². The topological polar surface area (TPSA) is 20.2 Å². The maximum Gasteiger partial charge on any atom is 0.119 e. The van der Waals surface area contributed by atoms with Crippen molar-refractivity contribution in [1.29, 1.82) is 0 Å². The van der Waals surface area contributed by atoms with E-state index in [2.05, 4.69) is 93.5 Å².